The maximum atomic E-state index is 11.4. The van der Waals surface area contributed by atoms with Crippen molar-refractivity contribution in [2.45, 2.75) is 26.6 Å². The van der Waals surface area contributed by atoms with Crippen molar-refractivity contribution in [1.29, 1.82) is 0 Å². The first-order valence-corrected chi connectivity index (χ1v) is 13.6. The Morgan fingerprint density at radius 2 is 1.59 bits per heavy atom. The quantitative estimate of drug-likeness (QED) is 0.234. The average molecular weight is 547 g/mol. The summed E-state index contributed by atoms with van der Waals surface area (Å²) in [5, 5.41) is 15.3. The summed E-state index contributed by atoms with van der Waals surface area (Å²) in [5.74, 6) is 0.882. The van der Waals surface area contributed by atoms with Gasteiger partial charge in [0.05, 0.1) is 11.2 Å². The minimum atomic E-state index is -0.894. The number of benzene rings is 3. The summed E-state index contributed by atoms with van der Waals surface area (Å²) in [6.45, 7) is 3.58. The third-order valence-corrected chi connectivity index (χ3v) is 7.20. The van der Waals surface area contributed by atoms with E-state index < -0.39 is 6.09 Å². The molecule has 0 fully saturated rings. The summed E-state index contributed by atoms with van der Waals surface area (Å²) in [7, 11) is 0. The van der Waals surface area contributed by atoms with Crippen LogP contribution in [0.25, 0.3) is 22.2 Å². The highest BCUT2D eigenvalue weighted by Crippen LogP contribution is 2.34. The van der Waals surface area contributed by atoms with Crippen molar-refractivity contribution < 1.29 is 19.4 Å². The number of carbonyl (C=O) groups is 1. The molecule has 8 heteroatoms. The lowest BCUT2D eigenvalue weighted by Gasteiger charge is -2.24. The minimum absolute atomic E-state index is 0.347. The van der Waals surface area contributed by atoms with Crippen molar-refractivity contribution in [3.05, 3.63) is 119 Å². The van der Waals surface area contributed by atoms with Crippen LogP contribution in [0.2, 0.25) is 0 Å². The first-order valence-electron chi connectivity index (χ1n) is 13.6. The molecule has 3 aromatic carbocycles. The number of pyridine rings is 1. The molecule has 0 radical (unpaired) electrons. The Balaban J connectivity index is 1.37. The molecule has 0 saturated carbocycles. The van der Waals surface area contributed by atoms with Crippen molar-refractivity contribution in [3.63, 3.8) is 0 Å². The van der Waals surface area contributed by atoms with Gasteiger partial charge in [0.25, 0.3) is 0 Å². The van der Waals surface area contributed by atoms with Crippen LogP contribution in [0.1, 0.15) is 28.8 Å². The topological polar surface area (TPSA) is 89.7 Å². The molecule has 8 nitrogen and oxygen atoms in total. The fourth-order valence-corrected chi connectivity index (χ4v) is 5.11. The van der Waals surface area contributed by atoms with E-state index in [0.717, 1.165) is 38.9 Å². The summed E-state index contributed by atoms with van der Waals surface area (Å²) in [5.41, 5.74) is 6.77. The number of ether oxygens (including phenoxy) is 2. The van der Waals surface area contributed by atoms with Crippen molar-refractivity contribution in [2.24, 2.45) is 0 Å². The molecule has 3 heterocycles. The molecule has 1 aliphatic rings. The number of rotatable bonds is 8. The molecule has 41 heavy (non-hydrogen) atoms. The summed E-state index contributed by atoms with van der Waals surface area (Å²) < 4.78 is 14.2. The number of hydrogen-bond acceptors (Lipinski definition) is 5. The molecule has 0 aliphatic carbocycles. The van der Waals surface area contributed by atoms with E-state index in [9.17, 15) is 9.90 Å². The molecule has 5 aromatic rings. The monoisotopic (exact) mass is 546 g/mol. The van der Waals surface area contributed by atoms with Crippen LogP contribution < -0.4 is 9.47 Å². The van der Waals surface area contributed by atoms with E-state index in [1.165, 1.54) is 4.90 Å². The third-order valence-electron chi connectivity index (χ3n) is 7.20. The van der Waals surface area contributed by atoms with Gasteiger partial charge < -0.3 is 19.5 Å². The molecule has 206 valence electrons. The molecule has 1 amide bonds. The number of carboxylic acid groups (broad SMARTS) is 1. The predicted molar refractivity (Wildman–Crippen MR) is 157 cm³/mol. The summed E-state index contributed by atoms with van der Waals surface area (Å²) >= 11 is 0. The predicted octanol–water partition coefficient (Wildman–Crippen LogP) is 6.65. The van der Waals surface area contributed by atoms with Crippen LogP contribution in [0.5, 0.6) is 11.8 Å². The lowest BCUT2D eigenvalue weighted by molar-refractivity contribution is 0.150. The molecular weight excluding hydrogens is 516 g/mol. The molecule has 2 aromatic heterocycles. The average Bonchev–Trinajstić information content (AvgIpc) is 3.36. The largest absolute Gasteiger partial charge is 0.473 e. The van der Waals surface area contributed by atoms with Crippen LogP contribution in [0.15, 0.2) is 97.1 Å². The SMILES string of the molecule is Cc1nn(-c2ccc(OCc3ccccc3)nc2OCc2ccccc2)c2cccc(C3=CCN(C(=O)O)CC3)c12. The van der Waals surface area contributed by atoms with Crippen LogP contribution in [-0.4, -0.2) is 44.0 Å². The second-order valence-electron chi connectivity index (χ2n) is 9.93. The number of nitrogens with zero attached hydrogens (tertiary/aromatic N) is 4. The standard InChI is InChI=1S/C33H30N4O4/c1-23-31-27(26-17-19-36(20-18-26)33(38)39)13-8-14-28(31)37(35-23)29-15-16-30(40-21-24-9-4-2-5-10-24)34-32(29)41-22-25-11-6-3-7-12-25/h2-17H,18-22H2,1H3,(H,38,39). The van der Waals surface area contributed by atoms with Gasteiger partial charge in [0, 0.05) is 24.5 Å². The van der Waals surface area contributed by atoms with E-state index in [-0.39, 0.29) is 0 Å². The Morgan fingerprint density at radius 1 is 0.878 bits per heavy atom. The van der Waals surface area contributed by atoms with E-state index in [4.69, 9.17) is 19.6 Å². The summed E-state index contributed by atoms with van der Waals surface area (Å²) in [6.07, 6.45) is 1.75. The number of aromatic nitrogens is 3. The number of aryl methyl sites for hydroxylation is 1. The van der Waals surface area contributed by atoms with Gasteiger partial charge >= 0.3 is 6.09 Å². The molecular formula is C33H30N4O4. The second-order valence-corrected chi connectivity index (χ2v) is 9.93. The fourth-order valence-electron chi connectivity index (χ4n) is 5.11. The molecule has 0 saturated heterocycles. The zero-order chi connectivity index (χ0) is 28.2. The molecule has 0 bridgehead atoms. The van der Waals surface area contributed by atoms with Crippen molar-refractivity contribution in [1.82, 2.24) is 19.7 Å². The molecule has 0 unspecified atom stereocenters. The molecule has 1 N–H and O–H groups in total. The van der Waals surface area contributed by atoms with Crippen LogP contribution in [0, 0.1) is 6.92 Å². The van der Waals surface area contributed by atoms with Gasteiger partial charge in [-0.15, -0.1) is 0 Å². The van der Waals surface area contributed by atoms with Gasteiger partial charge in [-0.25, -0.2) is 9.48 Å². The van der Waals surface area contributed by atoms with Crippen molar-refractivity contribution >= 4 is 22.6 Å². The molecule has 1 aliphatic heterocycles. The highest BCUT2D eigenvalue weighted by atomic mass is 16.5. The van der Waals surface area contributed by atoms with Gasteiger partial charge in [-0.1, -0.05) is 78.9 Å². The lowest BCUT2D eigenvalue weighted by atomic mass is 9.95. The van der Waals surface area contributed by atoms with E-state index in [0.29, 0.717) is 50.2 Å². The van der Waals surface area contributed by atoms with E-state index >= 15 is 0 Å². The van der Waals surface area contributed by atoms with Gasteiger partial charge in [-0.2, -0.15) is 10.1 Å². The normalized spacial score (nSPS) is 13.2. The Labute approximate surface area is 238 Å². The minimum Gasteiger partial charge on any atom is -0.473 e. The number of amides is 1. The van der Waals surface area contributed by atoms with Gasteiger partial charge in [0.1, 0.15) is 18.9 Å². The zero-order valence-corrected chi connectivity index (χ0v) is 22.7. The van der Waals surface area contributed by atoms with Crippen LogP contribution in [0.4, 0.5) is 4.79 Å². The Bertz CT molecular complexity index is 1710. The molecule has 0 atom stereocenters. The maximum Gasteiger partial charge on any atom is 0.407 e. The fraction of sp³-hybridized carbons (Fsp3) is 0.182. The third kappa shape index (κ3) is 5.63. The van der Waals surface area contributed by atoms with Gasteiger partial charge in [-0.05, 0) is 47.7 Å². The number of fused-ring (bicyclic) bond motifs is 1. The Kier molecular flexibility index (Phi) is 7.36. The highest BCUT2D eigenvalue weighted by Gasteiger charge is 2.22. The first kappa shape index (κ1) is 26.1. The van der Waals surface area contributed by atoms with Crippen molar-refractivity contribution in [3.8, 4) is 17.4 Å². The highest BCUT2D eigenvalue weighted by molar-refractivity contribution is 5.95. The van der Waals surface area contributed by atoms with Crippen molar-refractivity contribution in [2.75, 3.05) is 13.1 Å². The summed E-state index contributed by atoms with van der Waals surface area (Å²) in [6, 6.07) is 29.8. The van der Waals surface area contributed by atoms with Gasteiger partial charge in [0.15, 0.2) is 0 Å². The maximum absolute atomic E-state index is 11.4. The second kappa shape index (κ2) is 11.6. The summed E-state index contributed by atoms with van der Waals surface area (Å²) in [4.78, 5) is 17.6. The number of hydrogen-bond donors (Lipinski definition) is 1. The van der Waals surface area contributed by atoms with E-state index in [1.54, 1.807) is 0 Å². The van der Waals surface area contributed by atoms with E-state index in [1.807, 2.05) is 103 Å². The lowest BCUT2D eigenvalue weighted by Crippen LogP contribution is -2.33. The smallest absolute Gasteiger partial charge is 0.407 e. The Hall–Kier alpha value is -5.11. The molecule has 6 rings (SSSR count). The van der Waals surface area contributed by atoms with Crippen LogP contribution in [0.3, 0.4) is 0 Å². The molecule has 0 spiro atoms. The zero-order valence-electron chi connectivity index (χ0n) is 22.7. The van der Waals surface area contributed by atoms with Crippen LogP contribution >= 0.6 is 0 Å². The van der Waals surface area contributed by atoms with Gasteiger partial charge in [-0.3, -0.25) is 0 Å². The first-order chi connectivity index (χ1) is 20.1. The Morgan fingerprint density at radius 3 is 2.24 bits per heavy atom. The van der Waals surface area contributed by atoms with Crippen LogP contribution in [-0.2, 0) is 13.2 Å². The van der Waals surface area contributed by atoms with E-state index in [2.05, 4.69) is 6.07 Å². The van der Waals surface area contributed by atoms with Gasteiger partial charge in [0.2, 0.25) is 11.8 Å².